The number of carbonyl (C=O) groups excluding carboxylic acids is 1. The summed E-state index contributed by atoms with van der Waals surface area (Å²) in [6.45, 7) is 2.11. The predicted molar refractivity (Wildman–Crippen MR) is 114 cm³/mol. The number of aromatic nitrogens is 3. The molecule has 0 saturated heterocycles. The number of hydrogen-bond donors (Lipinski definition) is 2. The number of nitrogens with one attached hydrogen (secondary N) is 2. The van der Waals surface area contributed by atoms with Crippen molar-refractivity contribution in [2.75, 3.05) is 17.9 Å². The molecular formula is C21H23N5O2S. The van der Waals surface area contributed by atoms with Gasteiger partial charge >= 0.3 is 0 Å². The van der Waals surface area contributed by atoms with Crippen LogP contribution in [0.25, 0.3) is 0 Å². The van der Waals surface area contributed by atoms with E-state index in [1.807, 2.05) is 59.3 Å². The summed E-state index contributed by atoms with van der Waals surface area (Å²) in [5.74, 6) is 1.38. The standard InChI is InChI=1S/C21H23N5O2S/c1-3-9-17-23-24-21-26(17)25-18(14-10-5-4-6-11-14)19(29-21)20(27)22-15-12-7-8-13-16(15)28-2/h4-8,10-13,18-19,25H,3,9H2,1-2H3,(H,22,27)/t18-,19-/m1/s1. The van der Waals surface area contributed by atoms with Gasteiger partial charge in [-0.1, -0.05) is 61.2 Å². The molecule has 0 unspecified atom stereocenters. The molecular weight excluding hydrogens is 386 g/mol. The Labute approximate surface area is 173 Å². The highest BCUT2D eigenvalue weighted by molar-refractivity contribution is 8.00. The molecule has 0 aliphatic carbocycles. The zero-order valence-corrected chi connectivity index (χ0v) is 17.1. The van der Waals surface area contributed by atoms with E-state index in [1.54, 1.807) is 7.11 Å². The van der Waals surface area contributed by atoms with E-state index < -0.39 is 5.25 Å². The zero-order chi connectivity index (χ0) is 20.2. The number of fused-ring (bicyclic) bond motifs is 1. The number of benzene rings is 2. The maximum absolute atomic E-state index is 13.3. The lowest BCUT2D eigenvalue weighted by molar-refractivity contribution is -0.116. The van der Waals surface area contributed by atoms with Crippen LogP contribution < -0.4 is 15.5 Å². The first-order valence-electron chi connectivity index (χ1n) is 9.57. The van der Waals surface area contributed by atoms with E-state index in [0.717, 1.165) is 24.2 Å². The van der Waals surface area contributed by atoms with Crippen LogP contribution >= 0.6 is 11.8 Å². The molecule has 0 fully saturated rings. The van der Waals surface area contributed by atoms with Crippen molar-refractivity contribution in [3.63, 3.8) is 0 Å². The minimum atomic E-state index is -0.423. The number of para-hydroxylation sites is 2. The Bertz CT molecular complexity index is 992. The lowest BCUT2D eigenvalue weighted by Gasteiger charge is -2.33. The van der Waals surface area contributed by atoms with Gasteiger partial charge < -0.3 is 15.5 Å². The number of amides is 1. The third-order valence-corrected chi connectivity index (χ3v) is 5.97. The van der Waals surface area contributed by atoms with Crippen LogP contribution in [0.4, 0.5) is 5.69 Å². The van der Waals surface area contributed by atoms with Crippen LogP contribution in [-0.2, 0) is 11.2 Å². The lowest BCUT2D eigenvalue weighted by atomic mass is 10.0. The van der Waals surface area contributed by atoms with Crippen LogP contribution in [0.15, 0.2) is 59.8 Å². The average molecular weight is 410 g/mol. The molecule has 1 aromatic heterocycles. The van der Waals surface area contributed by atoms with E-state index in [1.165, 1.54) is 11.8 Å². The third kappa shape index (κ3) is 3.93. The second-order valence-electron chi connectivity index (χ2n) is 6.73. The average Bonchev–Trinajstić information content (AvgIpc) is 3.16. The Morgan fingerprint density at radius 2 is 1.93 bits per heavy atom. The number of anilines is 1. The SMILES string of the molecule is CCCc1nnc2n1N[C@H](c1ccccc1)[C@H](C(=O)Nc1ccccc1OC)S2. The molecule has 7 nitrogen and oxygen atoms in total. The summed E-state index contributed by atoms with van der Waals surface area (Å²) in [7, 11) is 1.59. The van der Waals surface area contributed by atoms with Crippen LogP contribution in [0.3, 0.4) is 0 Å². The topological polar surface area (TPSA) is 81.1 Å². The highest BCUT2D eigenvalue weighted by atomic mass is 32.2. The highest BCUT2D eigenvalue weighted by Gasteiger charge is 2.37. The number of carbonyl (C=O) groups is 1. The van der Waals surface area contributed by atoms with E-state index in [2.05, 4.69) is 27.9 Å². The van der Waals surface area contributed by atoms with Gasteiger partial charge in [-0.3, -0.25) is 4.79 Å². The molecule has 1 aliphatic rings. The summed E-state index contributed by atoms with van der Waals surface area (Å²) in [5, 5.41) is 11.9. The maximum atomic E-state index is 13.3. The Kier molecular flexibility index (Phi) is 5.71. The third-order valence-electron chi connectivity index (χ3n) is 4.76. The second kappa shape index (κ2) is 8.57. The molecule has 150 valence electrons. The summed E-state index contributed by atoms with van der Waals surface area (Å²) < 4.78 is 7.28. The van der Waals surface area contributed by atoms with Gasteiger partial charge in [0.1, 0.15) is 11.0 Å². The number of ether oxygens (including phenoxy) is 1. The Balaban J connectivity index is 1.66. The molecule has 1 amide bonds. The molecule has 0 saturated carbocycles. The molecule has 3 aromatic rings. The molecule has 2 heterocycles. The van der Waals surface area contributed by atoms with Crippen LogP contribution in [0.2, 0.25) is 0 Å². The Hall–Kier alpha value is -3.00. The van der Waals surface area contributed by atoms with Crippen LogP contribution in [-0.4, -0.2) is 33.1 Å². The van der Waals surface area contributed by atoms with E-state index >= 15 is 0 Å². The monoisotopic (exact) mass is 409 g/mol. The van der Waals surface area contributed by atoms with Gasteiger partial charge in [-0.25, -0.2) is 4.68 Å². The Morgan fingerprint density at radius 3 is 2.69 bits per heavy atom. The van der Waals surface area contributed by atoms with Crippen molar-refractivity contribution >= 4 is 23.4 Å². The van der Waals surface area contributed by atoms with E-state index in [-0.39, 0.29) is 11.9 Å². The number of aryl methyl sites for hydroxylation is 1. The minimum absolute atomic E-state index is 0.118. The van der Waals surface area contributed by atoms with Crippen LogP contribution in [0.1, 0.15) is 30.8 Å². The summed E-state index contributed by atoms with van der Waals surface area (Å²) in [6, 6.07) is 17.1. The molecule has 0 spiro atoms. The van der Waals surface area contributed by atoms with Gasteiger partial charge in [0.25, 0.3) is 0 Å². The Morgan fingerprint density at radius 1 is 1.17 bits per heavy atom. The molecule has 0 bridgehead atoms. The van der Waals surface area contributed by atoms with Gasteiger partial charge in [-0.2, -0.15) is 0 Å². The number of nitrogens with zero attached hydrogens (tertiary/aromatic N) is 3. The summed E-state index contributed by atoms with van der Waals surface area (Å²) in [5.41, 5.74) is 5.14. The molecule has 1 aliphatic heterocycles. The van der Waals surface area contributed by atoms with Gasteiger partial charge in [0.05, 0.1) is 18.8 Å². The largest absolute Gasteiger partial charge is 0.495 e. The molecule has 8 heteroatoms. The fraction of sp³-hybridized carbons (Fsp3) is 0.286. The van der Waals surface area contributed by atoms with Crippen molar-refractivity contribution in [3.8, 4) is 5.75 Å². The van der Waals surface area contributed by atoms with Gasteiger partial charge in [-0.15, -0.1) is 10.2 Å². The van der Waals surface area contributed by atoms with Crippen molar-refractivity contribution in [1.82, 2.24) is 14.9 Å². The first-order valence-corrected chi connectivity index (χ1v) is 10.5. The van der Waals surface area contributed by atoms with Gasteiger partial charge in [0.2, 0.25) is 11.1 Å². The van der Waals surface area contributed by atoms with Crippen LogP contribution in [0.5, 0.6) is 5.75 Å². The van der Waals surface area contributed by atoms with E-state index in [9.17, 15) is 4.79 Å². The quantitative estimate of drug-likeness (QED) is 0.647. The highest BCUT2D eigenvalue weighted by Crippen LogP contribution is 2.38. The van der Waals surface area contributed by atoms with Gasteiger partial charge in [-0.05, 0) is 24.1 Å². The number of hydrogen-bond acceptors (Lipinski definition) is 6. The summed E-state index contributed by atoms with van der Waals surface area (Å²) >= 11 is 1.42. The van der Waals surface area contributed by atoms with Crippen molar-refractivity contribution in [1.29, 1.82) is 0 Å². The normalized spacial score (nSPS) is 17.9. The van der Waals surface area contributed by atoms with E-state index in [4.69, 9.17) is 4.74 Å². The molecule has 2 aromatic carbocycles. The van der Waals surface area contributed by atoms with Crippen molar-refractivity contribution in [2.45, 2.75) is 36.2 Å². The van der Waals surface area contributed by atoms with E-state index in [0.29, 0.717) is 16.6 Å². The molecule has 29 heavy (non-hydrogen) atoms. The second-order valence-corrected chi connectivity index (χ2v) is 7.84. The first kappa shape index (κ1) is 19.3. The summed E-state index contributed by atoms with van der Waals surface area (Å²) in [4.78, 5) is 13.3. The molecule has 0 radical (unpaired) electrons. The summed E-state index contributed by atoms with van der Waals surface area (Å²) in [6.07, 6.45) is 1.79. The number of methoxy groups -OCH3 is 1. The smallest absolute Gasteiger partial charge is 0.240 e. The predicted octanol–water partition coefficient (Wildman–Crippen LogP) is 3.64. The van der Waals surface area contributed by atoms with Crippen LogP contribution in [0, 0.1) is 0 Å². The lowest BCUT2D eigenvalue weighted by Crippen LogP contribution is -2.41. The fourth-order valence-corrected chi connectivity index (χ4v) is 4.45. The van der Waals surface area contributed by atoms with Gasteiger partial charge in [0.15, 0.2) is 5.82 Å². The molecule has 2 N–H and O–H groups in total. The number of rotatable bonds is 6. The van der Waals surface area contributed by atoms with Crippen molar-refractivity contribution in [2.24, 2.45) is 0 Å². The molecule has 2 atom stereocenters. The zero-order valence-electron chi connectivity index (χ0n) is 16.3. The van der Waals surface area contributed by atoms with Crippen molar-refractivity contribution < 1.29 is 9.53 Å². The minimum Gasteiger partial charge on any atom is -0.495 e. The molecule has 4 rings (SSSR count). The fourth-order valence-electron chi connectivity index (χ4n) is 3.35. The van der Waals surface area contributed by atoms with Crippen molar-refractivity contribution in [3.05, 3.63) is 66.0 Å². The number of thioether (sulfide) groups is 1. The van der Waals surface area contributed by atoms with Gasteiger partial charge in [0, 0.05) is 6.42 Å². The maximum Gasteiger partial charge on any atom is 0.240 e. The first-order chi connectivity index (χ1) is 14.2.